The molecule has 1 amide bonds. The maximum atomic E-state index is 12.4. The molecule has 0 aliphatic heterocycles. The summed E-state index contributed by atoms with van der Waals surface area (Å²) in [7, 11) is 0. The number of fused-ring (bicyclic) bond motifs is 1. The van der Waals surface area contributed by atoms with E-state index in [4.69, 9.17) is 16.3 Å². The predicted octanol–water partition coefficient (Wildman–Crippen LogP) is 4.40. The lowest BCUT2D eigenvalue weighted by Gasteiger charge is -2.10. The Morgan fingerprint density at radius 3 is 2.86 bits per heavy atom. The predicted molar refractivity (Wildman–Crippen MR) is 112 cm³/mol. The third-order valence-electron chi connectivity index (χ3n) is 5.15. The first-order valence-corrected chi connectivity index (χ1v) is 9.74. The van der Waals surface area contributed by atoms with Crippen molar-refractivity contribution >= 4 is 40.1 Å². The first-order valence-electron chi connectivity index (χ1n) is 9.37. The summed E-state index contributed by atoms with van der Waals surface area (Å²) in [6, 6.07) is 7.69. The van der Waals surface area contributed by atoms with Gasteiger partial charge >= 0.3 is 5.97 Å². The van der Waals surface area contributed by atoms with E-state index in [1.54, 1.807) is 12.4 Å². The Labute approximate surface area is 173 Å². The molecule has 1 fully saturated rings. The highest BCUT2D eigenvalue weighted by atomic mass is 35.5. The van der Waals surface area contributed by atoms with Gasteiger partial charge in [0.15, 0.2) is 0 Å². The fraction of sp³-hybridized carbons (Fsp3) is 0.273. The van der Waals surface area contributed by atoms with Crippen LogP contribution >= 0.6 is 11.6 Å². The largest absolute Gasteiger partial charge is 0.466 e. The molecule has 2 atom stereocenters. The molecule has 1 aromatic carbocycles. The molecule has 0 saturated heterocycles. The van der Waals surface area contributed by atoms with E-state index in [1.807, 2.05) is 37.4 Å². The molecule has 7 heteroatoms. The van der Waals surface area contributed by atoms with Crippen LogP contribution in [0, 0.1) is 18.8 Å². The van der Waals surface area contributed by atoms with Crippen LogP contribution in [0.3, 0.4) is 0 Å². The van der Waals surface area contributed by atoms with Crippen molar-refractivity contribution in [2.24, 2.45) is 11.8 Å². The van der Waals surface area contributed by atoms with E-state index in [0.29, 0.717) is 17.3 Å². The standard InChI is InChI=1S/C22H20ClN3O3/c1-12-3-4-24-9-18(12)14-5-15-8-21(25-10-19(15)20(23)7-14)26-22(28)17-6-16(17)11-29-13(2)27/h3-5,7-10,16-17H,6,11H2,1-2H3,(H,25,26,28). The molecule has 1 aliphatic rings. The highest BCUT2D eigenvalue weighted by Crippen LogP contribution is 2.39. The summed E-state index contributed by atoms with van der Waals surface area (Å²) in [6.45, 7) is 3.67. The second-order valence-corrected chi connectivity index (χ2v) is 7.74. The Hall–Kier alpha value is -2.99. The molecule has 2 unspecified atom stereocenters. The van der Waals surface area contributed by atoms with E-state index in [9.17, 15) is 9.59 Å². The SMILES string of the molecule is CC(=O)OCC1CC1C(=O)Nc1cc2cc(-c3cnccc3C)cc(Cl)c2cn1. The number of carbonyl (C=O) groups excluding carboxylic acids is 2. The van der Waals surface area contributed by atoms with Gasteiger partial charge in [0.25, 0.3) is 0 Å². The van der Waals surface area contributed by atoms with E-state index in [2.05, 4.69) is 15.3 Å². The van der Waals surface area contributed by atoms with Crippen molar-refractivity contribution < 1.29 is 14.3 Å². The number of hydrogen-bond donors (Lipinski definition) is 1. The Kier molecular flexibility index (Phi) is 5.20. The number of aryl methyl sites for hydroxylation is 1. The first-order chi connectivity index (χ1) is 13.9. The summed E-state index contributed by atoms with van der Waals surface area (Å²) in [5.74, 6) is -0.0475. The number of anilines is 1. The topological polar surface area (TPSA) is 81.2 Å². The Bertz CT molecular complexity index is 1120. The van der Waals surface area contributed by atoms with E-state index in [0.717, 1.165) is 27.5 Å². The quantitative estimate of drug-likeness (QED) is 0.632. The van der Waals surface area contributed by atoms with Gasteiger partial charge in [0.1, 0.15) is 5.82 Å². The van der Waals surface area contributed by atoms with Crippen molar-refractivity contribution in [1.82, 2.24) is 9.97 Å². The number of aromatic nitrogens is 2. The van der Waals surface area contributed by atoms with Crippen LogP contribution in [0.4, 0.5) is 5.82 Å². The van der Waals surface area contributed by atoms with Crippen LogP contribution in [0.2, 0.25) is 5.02 Å². The zero-order valence-electron chi connectivity index (χ0n) is 16.1. The summed E-state index contributed by atoms with van der Waals surface area (Å²) in [6.07, 6.45) is 5.94. The number of carbonyl (C=O) groups is 2. The molecule has 1 N–H and O–H groups in total. The van der Waals surface area contributed by atoms with Gasteiger partial charge < -0.3 is 10.1 Å². The lowest BCUT2D eigenvalue weighted by molar-refractivity contribution is -0.141. The molecule has 4 rings (SSSR count). The van der Waals surface area contributed by atoms with Gasteiger partial charge in [-0.1, -0.05) is 11.6 Å². The second kappa shape index (κ2) is 7.79. The van der Waals surface area contributed by atoms with Gasteiger partial charge in [-0.15, -0.1) is 0 Å². The van der Waals surface area contributed by atoms with Gasteiger partial charge in [-0.3, -0.25) is 14.6 Å². The number of nitrogens with one attached hydrogen (secondary N) is 1. The average Bonchev–Trinajstić information content (AvgIpc) is 3.46. The number of ether oxygens (including phenoxy) is 1. The minimum atomic E-state index is -0.330. The zero-order valence-corrected chi connectivity index (χ0v) is 16.9. The molecule has 148 valence electrons. The molecule has 0 spiro atoms. The van der Waals surface area contributed by atoms with Crippen molar-refractivity contribution in [3.8, 4) is 11.1 Å². The Morgan fingerprint density at radius 1 is 1.28 bits per heavy atom. The molecule has 1 aliphatic carbocycles. The number of rotatable bonds is 5. The lowest BCUT2D eigenvalue weighted by atomic mass is 10.0. The summed E-state index contributed by atoms with van der Waals surface area (Å²) in [5.41, 5.74) is 3.07. The molecular formula is C22H20ClN3O3. The zero-order chi connectivity index (χ0) is 20.5. The smallest absolute Gasteiger partial charge is 0.302 e. The van der Waals surface area contributed by atoms with Crippen molar-refractivity contribution in [1.29, 1.82) is 0 Å². The third-order valence-corrected chi connectivity index (χ3v) is 5.46. The lowest BCUT2D eigenvalue weighted by Crippen LogP contribution is -2.17. The number of hydrogen-bond acceptors (Lipinski definition) is 5. The van der Waals surface area contributed by atoms with E-state index < -0.39 is 0 Å². The highest BCUT2D eigenvalue weighted by molar-refractivity contribution is 6.36. The Balaban J connectivity index is 1.55. The molecule has 2 aromatic heterocycles. The Morgan fingerprint density at radius 2 is 2.10 bits per heavy atom. The van der Waals surface area contributed by atoms with Crippen LogP contribution in [0.1, 0.15) is 18.9 Å². The van der Waals surface area contributed by atoms with Gasteiger partial charge in [-0.25, -0.2) is 4.98 Å². The second-order valence-electron chi connectivity index (χ2n) is 7.33. The van der Waals surface area contributed by atoms with Crippen LogP contribution < -0.4 is 5.32 Å². The van der Waals surface area contributed by atoms with Crippen molar-refractivity contribution in [2.75, 3.05) is 11.9 Å². The monoisotopic (exact) mass is 409 g/mol. The fourth-order valence-corrected chi connectivity index (χ4v) is 3.68. The summed E-state index contributed by atoms with van der Waals surface area (Å²) in [5, 5.41) is 5.15. The summed E-state index contributed by atoms with van der Waals surface area (Å²) in [4.78, 5) is 31.9. The van der Waals surface area contributed by atoms with Gasteiger partial charge in [-0.2, -0.15) is 0 Å². The maximum absolute atomic E-state index is 12.4. The molecule has 6 nitrogen and oxygen atoms in total. The maximum Gasteiger partial charge on any atom is 0.302 e. The van der Waals surface area contributed by atoms with Crippen LogP contribution in [0.25, 0.3) is 21.9 Å². The number of pyridine rings is 2. The van der Waals surface area contributed by atoms with Crippen molar-refractivity contribution in [3.63, 3.8) is 0 Å². The third kappa shape index (κ3) is 4.22. The average molecular weight is 410 g/mol. The summed E-state index contributed by atoms with van der Waals surface area (Å²) < 4.78 is 4.98. The minimum absolute atomic E-state index is 0.0777. The van der Waals surface area contributed by atoms with Crippen LogP contribution in [-0.4, -0.2) is 28.5 Å². The number of esters is 1. The molecule has 29 heavy (non-hydrogen) atoms. The van der Waals surface area contributed by atoms with Crippen molar-refractivity contribution in [2.45, 2.75) is 20.3 Å². The molecule has 0 bridgehead atoms. The van der Waals surface area contributed by atoms with Crippen LogP contribution in [0.15, 0.2) is 42.9 Å². The van der Waals surface area contributed by atoms with Gasteiger partial charge in [-0.05, 0) is 54.1 Å². The number of halogens is 1. The van der Waals surface area contributed by atoms with E-state index >= 15 is 0 Å². The highest BCUT2D eigenvalue weighted by Gasteiger charge is 2.43. The van der Waals surface area contributed by atoms with Crippen molar-refractivity contribution in [3.05, 3.63) is 53.4 Å². The molecular weight excluding hydrogens is 390 g/mol. The normalized spacial score (nSPS) is 17.8. The van der Waals surface area contributed by atoms with E-state index in [1.165, 1.54) is 6.92 Å². The molecule has 0 radical (unpaired) electrons. The van der Waals surface area contributed by atoms with Gasteiger partial charge in [0, 0.05) is 48.3 Å². The fourth-order valence-electron chi connectivity index (χ4n) is 3.40. The van der Waals surface area contributed by atoms with Gasteiger partial charge in [0.2, 0.25) is 5.91 Å². The minimum Gasteiger partial charge on any atom is -0.466 e. The number of amides is 1. The van der Waals surface area contributed by atoms with Crippen LogP contribution in [-0.2, 0) is 14.3 Å². The first kappa shape index (κ1) is 19.3. The molecule has 2 heterocycles. The van der Waals surface area contributed by atoms with Gasteiger partial charge in [0.05, 0.1) is 11.6 Å². The van der Waals surface area contributed by atoms with Crippen LogP contribution in [0.5, 0.6) is 0 Å². The summed E-state index contributed by atoms with van der Waals surface area (Å²) >= 11 is 6.47. The molecule has 3 aromatic rings. The number of nitrogens with zero attached hydrogens (tertiary/aromatic N) is 2. The van der Waals surface area contributed by atoms with E-state index in [-0.39, 0.29) is 30.3 Å². The molecule has 1 saturated carbocycles. The number of benzene rings is 1.